The van der Waals surface area contributed by atoms with Crippen LogP contribution in [-0.2, 0) is 4.79 Å². The van der Waals surface area contributed by atoms with Crippen molar-refractivity contribution in [2.75, 3.05) is 32.7 Å². The zero-order chi connectivity index (χ0) is 9.97. The molecule has 2 heterocycles. The molecule has 78 valence electrons. The van der Waals surface area contributed by atoms with Gasteiger partial charge in [0.15, 0.2) is 0 Å². The third-order valence-corrected chi connectivity index (χ3v) is 2.50. The summed E-state index contributed by atoms with van der Waals surface area (Å²) in [6.45, 7) is 3.53. The molecule has 0 aliphatic carbocycles. The van der Waals surface area contributed by atoms with E-state index >= 15 is 0 Å². The zero-order valence-corrected chi connectivity index (χ0v) is 7.88. The summed E-state index contributed by atoms with van der Waals surface area (Å²) < 4.78 is 0. The van der Waals surface area contributed by atoms with Crippen molar-refractivity contribution >= 4 is 11.9 Å². The van der Waals surface area contributed by atoms with E-state index in [1.165, 1.54) is 0 Å². The van der Waals surface area contributed by atoms with Gasteiger partial charge in [0.05, 0.1) is 0 Å². The molecule has 2 aliphatic heterocycles. The molecule has 2 aliphatic rings. The maximum Gasteiger partial charge on any atom is 0.315 e. The molecule has 0 radical (unpaired) electrons. The van der Waals surface area contributed by atoms with E-state index in [2.05, 4.69) is 16.0 Å². The molecule has 2 fully saturated rings. The normalized spacial score (nSPS) is 27.0. The quantitative estimate of drug-likeness (QED) is 0.461. The Balaban J connectivity index is 1.90. The number of carbonyl (C=O) groups is 2. The van der Waals surface area contributed by atoms with Crippen molar-refractivity contribution in [1.29, 1.82) is 0 Å². The molecule has 3 amide bonds. The van der Waals surface area contributed by atoms with Gasteiger partial charge in [-0.15, -0.1) is 0 Å². The molecule has 6 nitrogen and oxygen atoms in total. The van der Waals surface area contributed by atoms with E-state index in [4.69, 9.17) is 0 Å². The summed E-state index contributed by atoms with van der Waals surface area (Å²) in [5.74, 6) is 0.0184. The number of hydrogen-bond acceptors (Lipinski definition) is 3. The standard InChI is InChI=1S/C8H14N4O2/c13-7(6-5-10-8(14)11-6)12-3-1-9-2-4-12/h6,9H,1-5H2,(H2,10,11,14)/t6-/m0/s1. The smallest absolute Gasteiger partial charge is 0.315 e. The van der Waals surface area contributed by atoms with Gasteiger partial charge in [-0.3, -0.25) is 4.79 Å². The van der Waals surface area contributed by atoms with Gasteiger partial charge in [0, 0.05) is 32.7 Å². The molecule has 0 spiro atoms. The number of nitrogens with zero attached hydrogens (tertiary/aromatic N) is 1. The minimum Gasteiger partial charge on any atom is -0.338 e. The van der Waals surface area contributed by atoms with Crippen molar-refractivity contribution in [2.45, 2.75) is 6.04 Å². The number of piperazine rings is 1. The molecule has 0 bridgehead atoms. The van der Waals surface area contributed by atoms with Gasteiger partial charge in [-0.2, -0.15) is 0 Å². The summed E-state index contributed by atoms with van der Waals surface area (Å²) >= 11 is 0. The number of carbonyl (C=O) groups excluding carboxylic acids is 2. The van der Waals surface area contributed by atoms with E-state index in [1.807, 2.05) is 0 Å². The average molecular weight is 198 g/mol. The number of nitrogens with one attached hydrogen (secondary N) is 3. The minimum atomic E-state index is -0.374. The molecule has 0 aromatic rings. The largest absolute Gasteiger partial charge is 0.338 e. The van der Waals surface area contributed by atoms with Crippen LogP contribution >= 0.6 is 0 Å². The van der Waals surface area contributed by atoms with Crippen LogP contribution < -0.4 is 16.0 Å². The summed E-state index contributed by atoms with van der Waals surface area (Å²) in [7, 11) is 0. The van der Waals surface area contributed by atoms with E-state index in [0.29, 0.717) is 6.54 Å². The predicted molar refractivity (Wildman–Crippen MR) is 49.8 cm³/mol. The lowest BCUT2D eigenvalue weighted by atomic mass is 10.2. The Kier molecular flexibility index (Phi) is 2.53. The van der Waals surface area contributed by atoms with Crippen LogP contribution in [0.2, 0.25) is 0 Å². The highest BCUT2D eigenvalue weighted by atomic mass is 16.2. The van der Waals surface area contributed by atoms with Crippen LogP contribution in [0.15, 0.2) is 0 Å². The molecule has 3 N–H and O–H groups in total. The molecule has 6 heteroatoms. The Labute approximate surface area is 82.0 Å². The van der Waals surface area contributed by atoms with Crippen molar-refractivity contribution in [3.05, 3.63) is 0 Å². The van der Waals surface area contributed by atoms with Gasteiger partial charge in [-0.05, 0) is 0 Å². The van der Waals surface area contributed by atoms with Crippen molar-refractivity contribution in [1.82, 2.24) is 20.9 Å². The molecule has 2 rings (SSSR count). The Bertz CT molecular complexity index is 250. The van der Waals surface area contributed by atoms with Crippen molar-refractivity contribution in [2.24, 2.45) is 0 Å². The minimum absolute atomic E-state index is 0.0184. The number of amides is 3. The van der Waals surface area contributed by atoms with E-state index in [0.717, 1.165) is 26.2 Å². The summed E-state index contributed by atoms with van der Waals surface area (Å²) in [6, 6.07) is -0.626. The molecule has 14 heavy (non-hydrogen) atoms. The van der Waals surface area contributed by atoms with Crippen molar-refractivity contribution in [3.8, 4) is 0 Å². The van der Waals surface area contributed by atoms with Gasteiger partial charge in [-0.1, -0.05) is 0 Å². The summed E-state index contributed by atoms with van der Waals surface area (Å²) in [5, 5.41) is 8.34. The van der Waals surface area contributed by atoms with Crippen LogP contribution in [0, 0.1) is 0 Å². The summed E-state index contributed by atoms with van der Waals surface area (Å²) in [4.78, 5) is 24.4. The van der Waals surface area contributed by atoms with Crippen molar-refractivity contribution < 1.29 is 9.59 Å². The summed E-state index contributed by atoms with van der Waals surface area (Å²) in [6.07, 6.45) is 0. The number of urea groups is 1. The van der Waals surface area contributed by atoms with E-state index in [-0.39, 0.29) is 18.0 Å². The average Bonchev–Trinajstić information content (AvgIpc) is 2.65. The van der Waals surface area contributed by atoms with E-state index in [1.54, 1.807) is 4.90 Å². The predicted octanol–water partition coefficient (Wildman–Crippen LogP) is -1.90. The summed E-state index contributed by atoms with van der Waals surface area (Å²) in [5.41, 5.74) is 0. The van der Waals surface area contributed by atoms with E-state index < -0.39 is 0 Å². The maximum atomic E-state index is 11.8. The molecule has 2 saturated heterocycles. The highest BCUT2D eigenvalue weighted by Gasteiger charge is 2.30. The van der Waals surface area contributed by atoms with Crippen LogP contribution in [0.1, 0.15) is 0 Å². The van der Waals surface area contributed by atoms with Crippen LogP contribution in [0.5, 0.6) is 0 Å². The topological polar surface area (TPSA) is 73.5 Å². The third kappa shape index (κ3) is 1.79. The molecule has 1 atom stereocenters. The Morgan fingerprint density at radius 1 is 1.36 bits per heavy atom. The first-order chi connectivity index (χ1) is 6.77. The lowest BCUT2D eigenvalue weighted by molar-refractivity contribution is -0.133. The Hall–Kier alpha value is -1.30. The first kappa shape index (κ1) is 9.26. The molecule has 0 unspecified atom stereocenters. The van der Waals surface area contributed by atoms with Gasteiger partial charge in [0.2, 0.25) is 5.91 Å². The Morgan fingerprint density at radius 2 is 2.07 bits per heavy atom. The fourth-order valence-corrected chi connectivity index (χ4v) is 1.71. The van der Waals surface area contributed by atoms with Crippen LogP contribution in [0.3, 0.4) is 0 Å². The second-order valence-corrected chi connectivity index (χ2v) is 3.48. The second-order valence-electron chi connectivity index (χ2n) is 3.48. The highest BCUT2D eigenvalue weighted by Crippen LogP contribution is 2.00. The SMILES string of the molecule is O=C1NC[C@@H](C(=O)N2CCNCC2)N1. The zero-order valence-electron chi connectivity index (χ0n) is 7.88. The van der Waals surface area contributed by atoms with Crippen LogP contribution in [0.4, 0.5) is 4.79 Å². The molecule has 0 aromatic heterocycles. The fourth-order valence-electron chi connectivity index (χ4n) is 1.71. The highest BCUT2D eigenvalue weighted by molar-refractivity contribution is 5.90. The monoisotopic (exact) mass is 198 g/mol. The molecular formula is C8H14N4O2. The van der Waals surface area contributed by atoms with Crippen LogP contribution in [0.25, 0.3) is 0 Å². The molecular weight excluding hydrogens is 184 g/mol. The first-order valence-corrected chi connectivity index (χ1v) is 4.81. The third-order valence-electron chi connectivity index (χ3n) is 2.50. The van der Waals surface area contributed by atoms with Crippen LogP contribution in [-0.4, -0.2) is 55.6 Å². The van der Waals surface area contributed by atoms with Gasteiger partial charge in [0.1, 0.15) is 6.04 Å². The lowest BCUT2D eigenvalue weighted by Crippen LogP contribution is -2.52. The number of rotatable bonds is 1. The van der Waals surface area contributed by atoms with Crippen molar-refractivity contribution in [3.63, 3.8) is 0 Å². The molecule has 0 aromatic carbocycles. The number of hydrogen-bond donors (Lipinski definition) is 3. The van der Waals surface area contributed by atoms with Gasteiger partial charge in [0.25, 0.3) is 0 Å². The fraction of sp³-hybridized carbons (Fsp3) is 0.750. The lowest BCUT2D eigenvalue weighted by Gasteiger charge is -2.29. The van der Waals surface area contributed by atoms with Gasteiger partial charge in [-0.25, -0.2) is 4.79 Å². The van der Waals surface area contributed by atoms with Gasteiger partial charge >= 0.3 is 6.03 Å². The van der Waals surface area contributed by atoms with E-state index in [9.17, 15) is 9.59 Å². The second kappa shape index (κ2) is 3.83. The first-order valence-electron chi connectivity index (χ1n) is 4.81. The maximum absolute atomic E-state index is 11.8. The molecule has 0 saturated carbocycles. The Morgan fingerprint density at radius 3 is 2.64 bits per heavy atom. The van der Waals surface area contributed by atoms with Gasteiger partial charge < -0.3 is 20.9 Å².